The first-order valence-corrected chi connectivity index (χ1v) is 15.7. The number of rotatable bonds is 3. The highest BCUT2D eigenvalue weighted by molar-refractivity contribution is 5.91. The van der Waals surface area contributed by atoms with Gasteiger partial charge in [0.1, 0.15) is 0 Å². The molecular formula is C44H31N. The molecule has 0 fully saturated rings. The molecule has 0 amide bonds. The molecule has 7 aromatic rings. The molecule has 0 unspecified atom stereocenters. The van der Waals surface area contributed by atoms with E-state index in [1.165, 1.54) is 66.8 Å². The average Bonchev–Trinajstić information content (AvgIpc) is 3.40. The molecule has 0 saturated heterocycles. The maximum Gasteiger partial charge on any atom is 0.0720 e. The van der Waals surface area contributed by atoms with Crippen molar-refractivity contribution in [3.63, 3.8) is 0 Å². The molecule has 0 aromatic heterocycles. The summed E-state index contributed by atoms with van der Waals surface area (Å²) in [4.78, 5) is 0. The fourth-order valence-electron chi connectivity index (χ4n) is 8.45. The fourth-order valence-corrected chi connectivity index (χ4v) is 8.45. The van der Waals surface area contributed by atoms with Crippen LogP contribution in [0, 0.1) is 0 Å². The van der Waals surface area contributed by atoms with Gasteiger partial charge in [-0.1, -0.05) is 158 Å². The quantitative estimate of drug-likeness (QED) is 0.209. The van der Waals surface area contributed by atoms with Gasteiger partial charge in [0.15, 0.2) is 0 Å². The van der Waals surface area contributed by atoms with E-state index in [1.54, 1.807) is 0 Å². The molecule has 0 saturated carbocycles. The number of hydrogen-bond donors (Lipinski definition) is 1. The van der Waals surface area contributed by atoms with Crippen molar-refractivity contribution in [1.82, 2.24) is 0 Å². The third-order valence-corrected chi connectivity index (χ3v) is 10.2. The SMILES string of the molecule is Nc1ccc(-c2ccc3c(c2)-c2ccccc2C32c3ccccc3C(c3ccccc3)(c3ccccc3)c3ccccc32)cc1. The van der Waals surface area contributed by atoms with Crippen molar-refractivity contribution in [3.05, 3.63) is 220 Å². The first kappa shape index (κ1) is 25.8. The molecule has 1 nitrogen and oxygen atoms in total. The lowest BCUT2D eigenvalue weighted by atomic mass is 9.51. The number of nitrogens with two attached hydrogens (primary N) is 1. The molecule has 9 rings (SSSR count). The molecule has 0 heterocycles. The van der Waals surface area contributed by atoms with E-state index in [1.807, 2.05) is 12.1 Å². The summed E-state index contributed by atoms with van der Waals surface area (Å²) in [6.45, 7) is 0. The van der Waals surface area contributed by atoms with Gasteiger partial charge in [-0.25, -0.2) is 0 Å². The zero-order valence-corrected chi connectivity index (χ0v) is 24.8. The van der Waals surface area contributed by atoms with Crippen LogP contribution in [0.5, 0.6) is 0 Å². The van der Waals surface area contributed by atoms with Crippen molar-refractivity contribution in [3.8, 4) is 22.3 Å². The van der Waals surface area contributed by atoms with Gasteiger partial charge in [0.2, 0.25) is 0 Å². The Balaban J connectivity index is 1.43. The number of benzene rings is 7. The Labute approximate surface area is 264 Å². The number of fused-ring (bicyclic) bond motifs is 9. The standard InChI is InChI=1S/C44H31N/c45-34-26-23-30(24-27-34)31-25-28-38-36(29-31)35-17-7-8-18-37(35)44(38)41-21-11-9-19-39(41)43(32-13-3-1-4-14-32,33-15-5-2-6-16-33)40-20-10-12-22-42(40)44/h1-29H,45H2. The smallest absolute Gasteiger partial charge is 0.0720 e. The highest BCUT2D eigenvalue weighted by Gasteiger charge is 2.56. The lowest BCUT2D eigenvalue weighted by molar-refractivity contribution is 0.623. The van der Waals surface area contributed by atoms with Crippen LogP contribution in [0.2, 0.25) is 0 Å². The van der Waals surface area contributed by atoms with Gasteiger partial charge in [0.05, 0.1) is 10.8 Å². The fraction of sp³-hybridized carbons (Fsp3) is 0.0455. The minimum atomic E-state index is -0.484. The van der Waals surface area contributed by atoms with Crippen LogP contribution in [0.25, 0.3) is 22.3 Å². The van der Waals surface area contributed by atoms with E-state index in [9.17, 15) is 0 Å². The predicted molar refractivity (Wildman–Crippen MR) is 185 cm³/mol. The van der Waals surface area contributed by atoms with Gasteiger partial charge >= 0.3 is 0 Å². The second-order valence-electron chi connectivity index (χ2n) is 12.3. The highest BCUT2D eigenvalue weighted by Crippen LogP contribution is 2.64. The first-order valence-electron chi connectivity index (χ1n) is 15.7. The number of nitrogen functional groups attached to an aromatic ring is 1. The van der Waals surface area contributed by atoms with Gasteiger partial charge in [0.25, 0.3) is 0 Å². The van der Waals surface area contributed by atoms with Gasteiger partial charge in [-0.3, -0.25) is 0 Å². The Morgan fingerprint density at radius 1 is 0.311 bits per heavy atom. The average molecular weight is 574 g/mol. The molecular weight excluding hydrogens is 542 g/mol. The van der Waals surface area contributed by atoms with Gasteiger partial charge in [0, 0.05) is 5.69 Å². The van der Waals surface area contributed by atoms with Gasteiger partial charge < -0.3 is 5.73 Å². The van der Waals surface area contributed by atoms with E-state index < -0.39 is 10.8 Å². The summed E-state index contributed by atoms with van der Waals surface area (Å²) in [5.74, 6) is 0. The zero-order chi connectivity index (χ0) is 30.0. The van der Waals surface area contributed by atoms with Crippen LogP contribution < -0.4 is 5.73 Å². The lowest BCUT2D eigenvalue weighted by Gasteiger charge is -2.50. The normalized spacial score (nSPS) is 14.7. The Kier molecular flexibility index (Phi) is 5.55. The molecule has 0 atom stereocenters. The van der Waals surface area contributed by atoms with E-state index >= 15 is 0 Å². The Morgan fingerprint density at radius 3 is 1.29 bits per heavy atom. The molecule has 45 heavy (non-hydrogen) atoms. The van der Waals surface area contributed by atoms with E-state index in [0.717, 1.165) is 5.69 Å². The molecule has 212 valence electrons. The molecule has 2 aliphatic carbocycles. The van der Waals surface area contributed by atoms with E-state index in [2.05, 4.69) is 164 Å². The minimum absolute atomic E-state index is 0.466. The van der Waals surface area contributed by atoms with Crippen molar-refractivity contribution < 1.29 is 0 Å². The van der Waals surface area contributed by atoms with Crippen molar-refractivity contribution in [2.45, 2.75) is 10.8 Å². The van der Waals surface area contributed by atoms with E-state index in [-0.39, 0.29) is 0 Å². The molecule has 0 bridgehead atoms. The van der Waals surface area contributed by atoms with Crippen molar-refractivity contribution in [2.24, 2.45) is 0 Å². The third-order valence-electron chi connectivity index (χ3n) is 10.2. The van der Waals surface area contributed by atoms with Gasteiger partial charge in [-0.15, -0.1) is 0 Å². The molecule has 2 N–H and O–H groups in total. The molecule has 1 heteroatoms. The second kappa shape index (κ2) is 9.67. The first-order chi connectivity index (χ1) is 22.2. The topological polar surface area (TPSA) is 26.0 Å². The molecule has 0 radical (unpaired) electrons. The predicted octanol–water partition coefficient (Wildman–Crippen LogP) is 9.99. The number of hydrogen-bond acceptors (Lipinski definition) is 1. The van der Waals surface area contributed by atoms with Gasteiger partial charge in [-0.2, -0.15) is 0 Å². The molecule has 7 aromatic carbocycles. The highest BCUT2D eigenvalue weighted by atomic mass is 14.6. The Bertz CT molecular complexity index is 2120. The Hall–Kier alpha value is -5.66. The summed E-state index contributed by atoms with van der Waals surface area (Å²) in [5.41, 5.74) is 21.4. The zero-order valence-electron chi connectivity index (χ0n) is 24.8. The van der Waals surface area contributed by atoms with E-state index in [4.69, 9.17) is 5.73 Å². The lowest BCUT2D eigenvalue weighted by Crippen LogP contribution is -2.44. The van der Waals surface area contributed by atoms with Crippen LogP contribution in [-0.2, 0) is 10.8 Å². The molecule has 2 aliphatic rings. The summed E-state index contributed by atoms with van der Waals surface area (Å²) in [7, 11) is 0. The maximum absolute atomic E-state index is 6.05. The number of anilines is 1. The van der Waals surface area contributed by atoms with Crippen molar-refractivity contribution >= 4 is 5.69 Å². The van der Waals surface area contributed by atoms with Crippen LogP contribution in [0.4, 0.5) is 5.69 Å². The van der Waals surface area contributed by atoms with Crippen LogP contribution in [-0.4, -0.2) is 0 Å². The van der Waals surface area contributed by atoms with E-state index in [0.29, 0.717) is 0 Å². The van der Waals surface area contributed by atoms with Crippen molar-refractivity contribution in [2.75, 3.05) is 5.73 Å². The summed E-state index contributed by atoms with van der Waals surface area (Å²) in [6, 6.07) is 64.8. The van der Waals surface area contributed by atoms with Crippen LogP contribution in [0.3, 0.4) is 0 Å². The van der Waals surface area contributed by atoms with Crippen molar-refractivity contribution in [1.29, 1.82) is 0 Å². The minimum Gasteiger partial charge on any atom is -0.399 e. The van der Waals surface area contributed by atoms with Crippen LogP contribution in [0.1, 0.15) is 44.5 Å². The molecule has 0 aliphatic heterocycles. The summed E-state index contributed by atoms with van der Waals surface area (Å²) >= 11 is 0. The van der Waals surface area contributed by atoms with Gasteiger partial charge in [-0.05, 0) is 85.0 Å². The monoisotopic (exact) mass is 573 g/mol. The third kappa shape index (κ3) is 3.38. The molecule has 1 spiro atoms. The second-order valence-corrected chi connectivity index (χ2v) is 12.3. The maximum atomic E-state index is 6.05. The van der Waals surface area contributed by atoms with Crippen LogP contribution in [0.15, 0.2) is 176 Å². The summed E-state index contributed by atoms with van der Waals surface area (Å²) < 4.78 is 0. The Morgan fingerprint density at radius 2 is 0.733 bits per heavy atom. The van der Waals surface area contributed by atoms with Crippen LogP contribution >= 0.6 is 0 Å². The summed E-state index contributed by atoms with van der Waals surface area (Å²) in [5, 5.41) is 0. The largest absolute Gasteiger partial charge is 0.399 e. The summed E-state index contributed by atoms with van der Waals surface area (Å²) in [6.07, 6.45) is 0.